The Kier molecular flexibility index (Phi) is 13.5. The van der Waals surface area contributed by atoms with Crippen molar-refractivity contribution in [2.24, 2.45) is 11.7 Å². The molecule has 1 aromatic heterocycles. The lowest BCUT2D eigenvalue weighted by Gasteiger charge is -2.26. The van der Waals surface area contributed by atoms with E-state index in [0.717, 1.165) is 0 Å². The first kappa shape index (κ1) is 30.9. The molecule has 0 fully saturated rings. The predicted octanol–water partition coefficient (Wildman–Crippen LogP) is -0.517. The summed E-state index contributed by atoms with van der Waals surface area (Å²) in [7, 11) is 0. The summed E-state index contributed by atoms with van der Waals surface area (Å²) >= 11 is 1.53. The molecule has 1 heterocycles. The molecule has 1 aromatic rings. The normalized spacial score (nSPS) is 14.4. The van der Waals surface area contributed by atoms with Crippen molar-refractivity contribution >= 4 is 41.4 Å². The number of hydrogen-bond acceptors (Lipinski definition) is 8. The molecule has 3 amide bonds. The molecule has 0 aromatic carbocycles. The van der Waals surface area contributed by atoms with Gasteiger partial charge in [0.1, 0.15) is 18.1 Å². The van der Waals surface area contributed by atoms with Crippen LogP contribution in [-0.4, -0.2) is 86.0 Å². The maximum atomic E-state index is 13.1. The molecule has 13 nitrogen and oxygen atoms in total. The van der Waals surface area contributed by atoms with E-state index in [-0.39, 0.29) is 25.2 Å². The Bertz CT molecular complexity index is 880. The predicted molar refractivity (Wildman–Crippen MR) is 133 cm³/mol. The minimum Gasteiger partial charge on any atom is -0.481 e. The van der Waals surface area contributed by atoms with Crippen LogP contribution in [0.5, 0.6) is 0 Å². The molecular formula is C22H36N6O7S. The number of H-pyrrole nitrogens is 1. The maximum Gasteiger partial charge on any atom is 0.326 e. The van der Waals surface area contributed by atoms with Crippen LogP contribution in [0.3, 0.4) is 0 Å². The van der Waals surface area contributed by atoms with Crippen LogP contribution in [0.25, 0.3) is 0 Å². The zero-order chi connectivity index (χ0) is 27.3. The number of hydrogen-bond donors (Lipinski definition) is 7. The van der Waals surface area contributed by atoms with Gasteiger partial charge in [0.15, 0.2) is 0 Å². The van der Waals surface area contributed by atoms with Crippen molar-refractivity contribution in [3.63, 3.8) is 0 Å². The lowest BCUT2D eigenvalue weighted by Crippen LogP contribution is -2.57. The number of carbonyl (C=O) groups excluding carboxylic acids is 3. The molecule has 14 heteroatoms. The van der Waals surface area contributed by atoms with Gasteiger partial charge < -0.3 is 36.9 Å². The number of aromatic nitrogens is 2. The largest absolute Gasteiger partial charge is 0.481 e. The number of carboxylic acids is 2. The van der Waals surface area contributed by atoms with Crippen LogP contribution in [0.4, 0.5) is 0 Å². The lowest BCUT2D eigenvalue weighted by atomic mass is 10.0. The average Bonchev–Trinajstić information content (AvgIpc) is 3.31. The van der Waals surface area contributed by atoms with Gasteiger partial charge in [-0.1, -0.05) is 13.8 Å². The molecule has 0 aliphatic heterocycles. The minimum atomic E-state index is -1.34. The second kappa shape index (κ2) is 15.8. The molecule has 4 atom stereocenters. The number of aliphatic carboxylic acids is 2. The topological polar surface area (TPSA) is 217 Å². The van der Waals surface area contributed by atoms with Crippen LogP contribution in [0.2, 0.25) is 0 Å². The standard InChI is InChI=1S/C22H36N6O7S/c1-12(2)8-16(27-19(31)14(23)6-7-36-3)21(33)26-15(4-5-18(29)30)20(32)28-17(22(34)35)9-13-10-24-11-25-13/h10-12,14-17H,4-9,23H2,1-3H3,(H,24,25)(H,26,33)(H,27,31)(H,28,32)(H,29,30)(H,34,35). The van der Waals surface area contributed by atoms with Gasteiger partial charge in [0, 0.05) is 24.7 Å². The molecule has 4 unspecified atom stereocenters. The fourth-order valence-electron chi connectivity index (χ4n) is 3.26. The van der Waals surface area contributed by atoms with E-state index in [2.05, 4.69) is 25.9 Å². The summed E-state index contributed by atoms with van der Waals surface area (Å²) in [6, 6.07) is -4.51. The molecule has 0 bridgehead atoms. The van der Waals surface area contributed by atoms with Crippen molar-refractivity contribution in [1.82, 2.24) is 25.9 Å². The van der Waals surface area contributed by atoms with Crippen molar-refractivity contribution in [2.75, 3.05) is 12.0 Å². The van der Waals surface area contributed by atoms with Gasteiger partial charge in [0.2, 0.25) is 17.7 Å². The smallest absolute Gasteiger partial charge is 0.326 e. The molecule has 0 radical (unpaired) electrons. The van der Waals surface area contributed by atoms with Crippen molar-refractivity contribution in [3.05, 3.63) is 18.2 Å². The Morgan fingerprint density at radius 3 is 2.14 bits per heavy atom. The van der Waals surface area contributed by atoms with Crippen molar-refractivity contribution < 1.29 is 34.2 Å². The van der Waals surface area contributed by atoms with Gasteiger partial charge in [-0.2, -0.15) is 11.8 Å². The first-order valence-corrected chi connectivity index (χ1v) is 12.9. The number of aromatic amines is 1. The van der Waals surface area contributed by atoms with Crippen LogP contribution < -0.4 is 21.7 Å². The summed E-state index contributed by atoms with van der Waals surface area (Å²) in [5.41, 5.74) is 6.37. The third kappa shape index (κ3) is 11.5. The van der Waals surface area contributed by atoms with E-state index < -0.39 is 60.2 Å². The highest BCUT2D eigenvalue weighted by atomic mass is 32.2. The molecule has 0 spiro atoms. The number of carboxylic acid groups (broad SMARTS) is 2. The maximum absolute atomic E-state index is 13.1. The SMILES string of the molecule is CSCCC(N)C(=O)NC(CC(C)C)C(=O)NC(CCC(=O)O)C(=O)NC(Cc1cnc[nH]1)C(=O)O. The minimum absolute atomic E-state index is 0.000522. The number of carbonyl (C=O) groups is 5. The van der Waals surface area contributed by atoms with E-state index in [0.29, 0.717) is 17.9 Å². The summed E-state index contributed by atoms with van der Waals surface area (Å²) in [5, 5.41) is 26.0. The van der Waals surface area contributed by atoms with Crippen LogP contribution in [0.15, 0.2) is 12.5 Å². The summed E-state index contributed by atoms with van der Waals surface area (Å²) in [6.45, 7) is 3.70. The first-order valence-electron chi connectivity index (χ1n) is 11.5. The van der Waals surface area contributed by atoms with Gasteiger partial charge in [-0.25, -0.2) is 9.78 Å². The molecule has 8 N–H and O–H groups in total. The number of nitrogens with one attached hydrogen (secondary N) is 4. The molecule has 36 heavy (non-hydrogen) atoms. The summed E-state index contributed by atoms with van der Waals surface area (Å²) in [4.78, 5) is 67.8. The monoisotopic (exact) mass is 528 g/mol. The van der Waals surface area contributed by atoms with E-state index in [1.54, 1.807) is 0 Å². The molecule has 0 aliphatic carbocycles. The van der Waals surface area contributed by atoms with E-state index in [1.807, 2.05) is 20.1 Å². The fraction of sp³-hybridized carbons (Fsp3) is 0.636. The van der Waals surface area contributed by atoms with Crippen LogP contribution >= 0.6 is 11.8 Å². The fourth-order valence-corrected chi connectivity index (χ4v) is 3.74. The first-order chi connectivity index (χ1) is 16.9. The summed E-state index contributed by atoms with van der Waals surface area (Å²) in [6.07, 6.45) is 4.50. The van der Waals surface area contributed by atoms with Gasteiger partial charge >= 0.3 is 11.9 Å². The Morgan fingerprint density at radius 2 is 1.61 bits per heavy atom. The van der Waals surface area contributed by atoms with Gasteiger partial charge in [0.25, 0.3) is 0 Å². The van der Waals surface area contributed by atoms with Gasteiger partial charge in [-0.15, -0.1) is 0 Å². The Labute approximate surface area is 213 Å². The van der Waals surface area contributed by atoms with Crippen LogP contribution in [-0.2, 0) is 30.4 Å². The second-order valence-electron chi connectivity index (χ2n) is 8.75. The number of nitrogens with two attached hydrogens (primary N) is 1. The third-order valence-corrected chi connectivity index (χ3v) is 5.83. The Morgan fingerprint density at radius 1 is 1.00 bits per heavy atom. The van der Waals surface area contributed by atoms with Gasteiger partial charge in [0.05, 0.1) is 12.4 Å². The van der Waals surface area contributed by atoms with Crippen molar-refractivity contribution in [1.29, 1.82) is 0 Å². The number of imidazole rings is 1. The molecular weight excluding hydrogens is 492 g/mol. The van der Waals surface area contributed by atoms with E-state index >= 15 is 0 Å². The Hall–Kier alpha value is -3.13. The van der Waals surface area contributed by atoms with E-state index in [4.69, 9.17) is 10.8 Å². The van der Waals surface area contributed by atoms with Crippen molar-refractivity contribution in [3.8, 4) is 0 Å². The highest BCUT2D eigenvalue weighted by molar-refractivity contribution is 7.98. The van der Waals surface area contributed by atoms with Crippen LogP contribution in [0.1, 0.15) is 45.2 Å². The lowest BCUT2D eigenvalue weighted by molar-refractivity contribution is -0.143. The van der Waals surface area contributed by atoms with Gasteiger partial charge in [-0.05, 0) is 37.2 Å². The van der Waals surface area contributed by atoms with Gasteiger partial charge in [-0.3, -0.25) is 19.2 Å². The summed E-state index contributed by atoms with van der Waals surface area (Å²) < 4.78 is 0. The van der Waals surface area contributed by atoms with E-state index in [1.165, 1.54) is 24.3 Å². The average molecular weight is 529 g/mol. The second-order valence-corrected chi connectivity index (χ2v) is 9.74. The molecule has 1 rings (SSSR count). The Balaban J connectivity index is 2.99. The zero-order valence-corrected chi connectivity index (χ0v) is 21.5. The number of thioether (sulfide) groups is 1. The molecule has 0 aliphatic rings. The van der Waals surface area contributed by atoms with Crippen LogP contribution in [0, 0.1) is 5.92 Å². The third-order valence-electron chi connectivity index (χ3n) is 5.18. The zero-order valence-electron chi connectivity index (χ0n) is 20.7. The number of nitrogens with zero attached hydrogens (tertiary/aromatic N) is 1. The number of rotatable bonds is 17. The molecule has 0 saturated heterocycles. The summed E-state index contributed by atoms with van der Waals surface area (Å²) in [5.74, 6) is -3.91. The van der Waals surface area contributed by atoms with Crippen molar-refractivity contribution in [2.45, 2.75) is 70.1 Å². The van der Waals surface area contributed by atoms with E-state index in [9.17, 15) is 29.1 Å². The quantitative estimate of drug-likeness (QED) is 0.137. The number of amides is 3. The highest BCUT2D eigenvalue weighted by Crippen LogP contribution is 2.09. The molecule has 202 valence electrons. The molecule has 0 saturated carbocycles. The highest BCUT2D eigenvalue weighted by Gasteiger charge is 2.31.